The lowest BCUT2D eigenvalue weighted by molar-refractivity contribution is 0.222. The summed E-state index contributed by atoms with van der Waals surface area (Å²) in [4.78, 5) is 16.8. The molecule has 140 valence electrons. The van der Waals surface area contributed by atoms with Gasteiger partial charge in [-0.1, -0.05) is 11.6 Å². The van der Waals surface area contributed by atoms with Crippen molar-refractivity contribution in [1.29, 1.82) is 0 Å². The topological polar surface area (TPSA) is 41.4 Å². The number of anilines is 1. The molecule has 0 N–H and O–H groups in total. The minimum absolute atomic E-state index is 0.0286. The molecule has 2 heterocycles. The van der Waals surface area contributed by atoms with E-state index in [0.29, 0.717) is 17.7 Å². The van der Waals surface area contributed by atoms with Gasteiger partial charge in [-0.05, 0) is 51.0 Å². The van der Waals surface area contributed by atoms with Gasteiger partial charge in [0.1, 0.15) is 16.5 Å². The number of nitrogens with zero attached hydrogens (tertiary/aromatic N) is 4. The van der Waals surface area contributed by atoms with Crippen LogP contribution in [-0.4, -0.2) is 48.4 Å². The summed E-state index contributed by atoms with van der Waals surface area (Å²) in [6, 6.07) is 2.94. The van der Waals surface area contributed by atoms with Crippen molar-refractivity contribution in [1.82, 2.24) is 14.7 Å². The number of benzene rings is 1. The molecule has 0 spiro atoms. The monoisotopic (exact) mass is 382 g/mol. The van der Waals surface area contributed by atoms with Gasteiger partial charge in [0.15, 0.2) is 5.82 Å². The van der Waals surface area contributed by atoms with E-state index in [9.17, 15) is 13.6 Å². The molecule has 3 rings (SSSR count). The van der Waals surface area contributed by atoms with Gasteiger partial charge in [0.25, 0.3) is 5.56 Å². The van der Waals surface area contributed by atoms with Crippen LogP contribution in [0.4, 0.5) is 14.5 Å². The molecular weight excluding hydrogens is 362 g/mol. The normalized spacial score (nSPS) is 16.0. The minimum atomic E-state index is -0.872. The van der Waals surface area contributed by atoms with Crippen LogP contribution in [0.25, 0.3) is 5.69 Å². The zero-order chi connectivity index (χ0) is 18.8. The van der Waals surface area contributed by atoms with E-state index in [1.54, 1.807) is 0 Å². The first-order valence-electron chi connectivity index (χ1n) is 8.49. The van der Waals surface area contributed by atoms with Crippen LogP contribution in [0.1, 0.15) is 12.8 Å². The van der Waals surface area contributed by atoms with Crippen LogP contribution in [0.3, 0.4) is 0 Å². The molecule has 1 fully saturated rings. The van der Waals surface area contributed by atoms with Crippen molar-refractivity contribution in [3.05, 3.63) is 51.4 Å². The lowest BCUT2D eigenvalue weighted by Crippen LogP contribution is -2.36. The maximum Gasteiger partial charge on any atom is 0.292 e. The van der Waals surface area contributed by atoms with Crippen molar-refractivity contribution in [3.8, 4) is 5.69 Å². The van der Waals surface area contributed by atoms with E-state index in [0.717, 1.165) is 49.3 Å². The average molecular weight is 383 g/mol. The molecule has 0 amide bonds. The number of halogens is 3. The highest BCUT2D eigenvalue weighted by molar-refractivity contribution is 6.33. The van der Waals surface area contributed by atoms with Gasteiger partial charge in [-0.25, -0.2) is 8.78 Å². The van der Waals surface area contributed by atoms with Gasteiger partial charge in [-0.2, -0.15) is 9.78 Å². The molecule has 0 atom stereocenters. The fraction of sp³-hybridized carbons (Fsp3) is 0.444. The van der Waals surface area contributed by atoms with Crippen molar-refractivity contribution >= 4 is 17.3 Å². The Morgan fingerprint density at radius 1 is 1.31 bits per heavy atom. The first-order valence-corrected chi connectivity index (χ1v) is 8.87. The molecule has 8 heteroatoms. The quantitative estimate of drug-likeness (QED) is 0.815. The molecule has 0 radical (unpaired) electrons. The molecule has 1 saturated heterocycles. The Morgan fingerprint density at radius 2 is 2.00 bits per heavy atom. The summed E-state index contributed by atoms with van der Waals surface area (Å²) in [6.07, 6.45) is 3.62. The van der Waals surface area contributed by atoms with E-state index in [2.05, 4.69) is 17.0 Å². The Kier molecular flexibility index (Phi) is 5.58. The van der Waals surface area contributed by atoms with Crippen molar-refractivity contribution in [2.75, 3.05) is 38.6 Å². The minimum Gasteiger partial charge on any atom is -0.372 e. The van der Waals surface area contributed by atoms with E-state index in [4.69, 9.17) is 11.6 Å². The largest absolute Gasteiger partial charge is 0.372 e. The second-order valence-corrected chi connectivity index (χ2v) is 7.16. The molecule has 1 aliphatic heterocycles. The third-order valence-electron chi connectivity index (χ3n) is 4.82. The summed E-state index contributed by atoms with van der Waals surface area (Å²) in [6.45, 7) is 2.87. The highest BCUT2D eigenvalue weighted by Gasteiger charge is 2.21. The van der Waals surface area contributed by atoms with E-state index < -0.39 is 17.2 Å². The van der Waals surface area contributed by atoms with Gasteiger partial charge >= 0.3 is 0 Å². The van der Waals surface area contributed by atoms with Gasteiger partial charge < -0.3 is 9.80 Å². The van der Waals surface area contributed by atoms with Crippen LogP contribution in [-0.2, 0) is 0 Å². The summed E-state index contributed by atoms with van der Waals surface area (Å²) >= 11 is 6.25. The van der Waals surface area contributed by atoms with Crippen LogP contribution in [0.2, 0.25) is 5.02 Å². The Morgan fingerprint density at radius 3 is 2.65 bits per heavy atom. The van der Waals surface area contributed by atoms with Crippen molar-refractivity contribution in [3.63, 3.8) is 0 Å². The smallest absolute Gasteiger partial charge is 0.292 e. The lowest BCUT2D eigenvalue weighted by atomic mass is 9.96. The maximum absolute atomic E-state index is 14.0. The molecule has 1 aromatic heterocycles. The van der Waals surface area contributed by atoms with Crippen molar-refractivity contribution in [2.45, 2.75) is 12.8 Å². The third-order valence-corrected chi connectivity index (χ3v) is 5.18. The summed E-state index contributed by atoms with van der Waals surface area (Å²) in [5, 5.41) is 4.00. The molecule has 0 saturated carbocycles. The lowest BCUT2D eigenvalue weighted by Gasteiger charge is -2.32. The van der Waals surface area contributed by atoms with Crippen LogP contribution < -0.4 is 10.5 Å². The van der Waals surface area contributed by atoms with E-state index in [1.807, 2.05) is 11.9 Å². The Hall–Kier alpha value is -1.99. The molecule has 1 aromatic carbocycles. The zero-order valence-corrected chi connectivity index (χ0v) is 15.5. The summed E-state index contributed by atoms with van der Waals surface area (Å²) in [7, 11) is 3.97. The predicted molar refractivity (Wildman–Crippen MR) is 98.3 cm³/mol. The van der Waals surface area contributed by atoms with Crippen LogP contribution >= 0.6 is 11.6 Å². The second kappa shape index (κ2) is 7.72. The molecule has 1 aliphatic rings. The van der Waals surface area contributed by atoms with Crippen LogP contribution in [0.15, 0.2) is 29.2 Å². The number of rotatable bonds is 4. The first-order chi connectivity index (χ1) is 12.4. The van der Waals surface area contributed by atoms with Gasteiger partial charge in [-0.15, -0.1) is 0 Å². The Bertz CT molecular complexity index is 850. The summed E-state index contributed by atoms with van der Waals surface area (Å²) in [5.41, 5.74) is -0.262. The van der Waals surface area contributed by atoms with Gasteiger partial charge in [0, 0.05) is 19.7 Å². The fourth-order valence-electron chi connectivity index (χ4n) is 3.25. The van der Waals surface area contributed by atoms with Crippen LogP contribution in [0.5, 0.6) is 0 Å². The molecule has 0 unspecified atom stereocenters. The van der Waals surface area contributed by atoms with Gasteiger partial charge in [-0.3, -0.25) is 4.79 Å². The number of likely N-dealkylation sites (tertiary alicyclic amines) is 1. The number of hydrogen-bond acceptors (Lipinski definition) is 4. The number of aromatic nitrogens is 2. The van der Waals surface area contributed by atoms with Gasteiger partial charge in [0.2, 0.25) is 0 Å². The molecule has 5 nitrogen and oxygen atoms in total. The second-order valence-electron chi connectivity index (χ2n) is 6.78. The average Bonchev–Trinajstić information content (AvgIpc) is 2.60. The summed E-state index contributed by atoms with van der Waals surface area (Å²) < 4.78 is 27.9. The number of hydrogen-bond donors (Lipinski definition) is 0. The highest BCUT2D eigenvalue weighted by Crippen LogP contribution is 2.24. The predicted octanol–water partition coefficient (Wildman–Crippen LogP) is 2.94. The molecule has 2 aromatic rings. The molecular formula is C18H21ClF2N4O. The van der Waals surface area contributed by atoms with E-state index in [-0.39, 0.29) is 10.7 Å². The highest BCUT2D eigenvalue weighted by atomic mass is 35.5. The SMILES string of the molecule is CN1CCC(CN(C)c2cnn(-c3ccc(F)cc3F)c(=O)c2Cl)CC1. The van der Waals surface area contributed by atoms with Gasteiger partial charge in [0.05, 0.1) is 11.9 Å². The fourth-order valence-corrected chi connectivity index (χ4v) is 3.52. The first kappa shape index (κ1) is 18.8. The molecule has 0 aliphatic carbocycles. The third kappa shape index (κ3) is 3.88. The van der Waals surface area contributed by atoms with E-state index >= 15 is 0 Å². The molecule has 0 bridgehead atoms. The molecule has 26 heavy (non-hydrogen) atoms. The standard InChI is InChI=1S/C18H21ClF2N4O/c1-23-7-5-12(6-8-23)11-24(2)16-10-22-25(18(26)17(16)19)15-4-3-13(20)9-14(15)21/h3-4,9-10,12H,5-8,11H2,1-2H3. The van der Waals surface area contributed by atoms with E-state index in [1.165, 1.54) is 6.20 Å². The number of piperidine rings is 1. The van der Waals surface area contributed by atoms with Crippen molar-refractivity contribution < 1.29 is 8.78 Å². The zero-order valence-electron chi connectivity index (χ0n) is 14.8. The van der Waals surface area contributed by atoms with Crippen LogP contribution in [0, 0.1) is 17.6 Å². The summed E-state index contributed by atoms with van der Waals surface area (Å²) in [5.74, 6) is -1.08. The van der Waals surface area contributed by atoms with Crippen molar-refractivity contribution in [2.24, 2.45) is 5.92 Å². The maximum atomic E-state index is 14.0. The Labute approximate surface area is 155 Å². The Balaban J connectivity index is 1.84.